The molecule has 1 aromatic rings. The van der Waals surface area contributed by atoms with E-state index in [1.165, 1.54) is 0 Å². The van der Waals surface area contributed by atoms with Crippen molar-refractivity contribution in [3.63, 3.8) is 0 Å². The van der Waals surface area contributed by atoms with E-state index in [0.717, 1.165) is 0 Å². The highest BCUT2D eigenvalue weighted by molar-refractivity contribution is 7.80. The quantitative estimate of drug-likeness (QED) is 0.697. The number of hydrogen-bond donors (Lipinski definition) is 2. The molecule has 78 valence electrons. The van der Waals surface area contributed by atoms with Crippen molar-refractivity contribution in [2.45, 2.75) is 13.0 Å². The third-order valence-electron chi connectivity index (χ3n) is 2.19. The number of thiocarbonyl (C=S) groups is 1. The van der Waals surface area contributed by atoms with E-state index in [0.29, 0.717) is 22.0 Å². The summed E-state index contributed by atoms with van der Waals surface area (Å²) in [7, 11) is 0. The number of carbonyl (C=O) groups is 1. The SMILES string of the molecule is CC1Oc2ccc(C(N)=S)cc2NC1=O. The summed E-state index contributed by atoms with van der Waals surface area (Å²) in [5.74, 6) is 0.477. The van der Waals surface area contributed by atoms with Crippen LogP contribution in [0.2, 0.25) is 0 Å². The molecule has 1 atom stereocenters. The van der Waals surface area contributed by atoms with Crippen LogP contribution in [0.3, 0.4) is 0 Å². The van der Waals surface area contributed by atoms with E-state index < -0.39 is 6.10 Å². The van der Waals surface area contributed by atoms with Gasteiger partial charge in [-0.05, 0) is 25.1 Å². The molecule has 3 N–H and O–H groups in total. The maximum absolute atomic E-state index is 11.3. The summed E-state index contributed by atoms with van der Waals surface area (Å²) in [5, 5.41) is 2.73. The van der Waals surface area contributed by atoms with Crippen LogP contribution in [0.5, 0.6) is 5.75 Å². The fourth-order valence-electron chi connectivity index (χ4n) is 1.36. The minimum absolute atomic E-state index is 0.164. The molecule has 5 heteroatoms. The van der Waals surface area contributed by atoms with Gasteiger partial charge in [-0.15, -0.1) is 0 Å². The van der Waals surface area contributed by atoms with E-state index in [2.05, 4.69) is 5.32 Å². The third kappa shape index (κ3) is 1.78. The Morgan fingerprint density at radius 3 is 3.00 bits per heavy atom. The van der Waals surface area contributed by atoms with Crippen LogP contribution in [0.4, 0.5) is 5.69 Å². The second-order valence-electron chi connectivity index (χ2n) is 3.32. The molecule has 0 aliphatic carbocycles. The van der Waals surface area contributed by atoms with E-state index in [1.807, 2.05) is 0 Å². The predicted octanol–water partition coefficient (Wildman–Crippen LogP) is 1.04. The highest BCUT2D eigenvalue weighted by Crippen LogP contribution is 2.30. The lowest BCUT2D eigenvalue weighted by Gasteiger charge is -2.23. The molecule has 0 aromatic heterocycles. The molecule has 0 radical (unpaired) electrons. The number of fused-ring (bicyclic) bond motifs is 1. The van der Waals surface area contributed by atoms with Crippen LogP contribution in [0.15, 0.2) is 18.2 Å². The molecule has 1 unspecified atom stereocenters. The lowest BCUT2D eigenvalue weighted by molar-refractivity contribution is -0.122. The normalized spacial score (nSPS) is 18.7. The van der Waals surface area contributed by atoms with Crippen LogP contribution in [0.25, 0.3) is 0 Å². The van der Waals surface area contributed by atoms with Gasteiger partial charge < -0.3 is 15.8 Å². The monoisotopic (exact) mass is 222 g/mol. The third-order valence-corrected chi connectivity index (χ3v) is 2.43. The first-order valence-electron chi connectivity index (χ1n) is 4.49. The number of hydrogen-bond acceptors (Lipinski definition) is 3. The molecular formula is C10H10N2O2S. The molecule has 1 aromatic carbocycles. The average Bonchev–Trinajstić information content (AvgIpc) is 2.19. The van der Waals surface area contributed by atoms with Crippen molar-refractivity contribution < 1.29 is 9.53 Å². The molecule has 0 spiro atoms. The molecule has 1 heterocycles. The number of carbonyl (C=O) groups excluding carboxylic acids is 1. The molecule has 15 heavy (non-hydrogen) atoms. The van der Waals surface area contributed by atoms with E-state index in [4.69, 9.17) is 22.7 Å². The number of nitrogens with one attached hydrogen (secondary N) is 1. The number of amides is 1. The van der Waals surface area contributed by atoms with Crippen molar-refractivity contribution >= 4 is 28.8 Å². The van der Waals surface area contributed by atoms with Gasteiger partial charge in [0.05, 0.1) is 5.69 Å². The second kappa shape index (κ2) is 3.51. The first kappa shape index (κ1) is 9.92. The summed E-state index contributed by atoms with van der Waals surface area (Å²) >= 11 is 4.84. The predicted molar refractivity (Wildman–Crippen MR) is 61.0 cm³/mol. The van der Waals surface area contributed by atoms with Crippen molar-refractivity contribution in [1.82, 2.24) is 0 Å². The zero-order valence-corrected chi connectivity index (χ0v) is 8.93. The Balaban J connectivity index is 2.41. The van der Waals surface area contributed by atoms with Crippen molar-refractivity contribution in [2.24, 2.45) is 5.73 Å². The van der Waals surface area contributed by atoms with Gasteiger partial charge in [0.25, 0.3) is 5.91 Å². The van der Waals surface area contributed by atoms with Gasteiger partial charge in [-0.1, -0.05) is 12.2 Å². The van der Waals surface area contributed by atoms with Crippen LogP contribution in [0.1, 0.15) is 12.5 Å². The summed E-state index contributed by atoms with van der Waals surface area (Å²) in [6.45, 7) is 1.69. The van der Waals surface area contributed by atoms with Crippen LogP contribution in [-0.2, 0) is 4.79 Å². The van der Waals surface area contributed by atoms with E-state index >= 15 is 0 Å². The smallest absolute Gasteiger partial charge is 0.265 e. The van der Waals surface area contributed by atoms with E-state index in [9.17, 15) is 4.79 Å². The highest BCUT2D eigenvalue weighted by atomic mass is 32.1. The first-order valence-corrected chi connectivity index (χ1v) is 4.90. The Morgan fingerprint density at radius 2 is 2.33 bits per heavy atom. The first-order chi connectivity index (χ1) is 7.08. The summed E-state index contributed by atoms with van der Waals surface area (Å²) in [5.41, 5.74) is 6.81. The van der Waals surface area contributed by atoms with Crippen LogP contribution < -0.4 is 15.8 Å². The molecule has 1 aliphatic rings. The van der Waals surface area contributed by atoms with Gasteiger partial charge in [-0.25, -0.2) is 0 Å². The Labute approximate surface area is 92.4 Å². The molecule has 0 saturated heterocycles. The Morgan fingerprint density at radius 1 is 1.60 bits per heavy atom. The minimum atomic E-state index is -0.465. The van der Waals surface area contributed by atoms with E-state index in [-0.39, 0.29) is 5.91 Å². The second-order valence-corrected chi connectivity index (χ2v) is 3.76. The summed E-state index contributed by atoms with van der Waals surface area (Å²) in [6.07, 6.45) is -0.465. The lowest BCUT2D eigenvalue weighted by atomic mass is 10.1. The van der Waals surface area contributed by atoms with E-state index in [1.54, 1.807) is 25.1 Å². The van der Waals surface area contributed by atoms with Crippen LogP contribution in [0, 0.1) is 0 Å². The van der Waals surface area contributed by atoms with Gasteiger partial charge in [-0.3, -0.25) is 4.79 Å². The summed E-state index contributed by atoms with van der Waals surface area (Å²) < 4.78 is 5.38. The Hall–Kier alpha value is -1.62. The van der Waals surface area contributed by atoms with Crippen LogP contribution in [-0.4, -0.2) is 17.0 Å². The average molecular weight is 222 g/mol. The molecule has 0 fully saturated rings. The molecule has 0 saturated carbocycles. The number of rotatable bonds is 1. The van der Waals surface area contributed by atoms with Crippen LogP contribution >= 0.6 is 12.2 Å². The molecule has 1 amide bonds. The highest BCUT2D eigenvalue weighted by Gasteiger charge is 2.23. The fraction of sp³-hybridized carbons (Fsp3) is 0.200. The summed E-state index contributed by atoms with van der Waals surface area (Å²) in [4.78, 5) is 11.6. The topological polar surface area (TPSA) is 64.3 Å². The molecule has 1 aliphatic heterocycles. The lowest BCUT2D eigenvalue weighted by Crippen LogP contribution is -2.34. The standard InChI is InChI=1S/C10H10N2O2S/c1-5-10(13)12-7-4-6(9(11)15)2-3-8(7)14-5/h2-5H,1H3,(H2,11,15)(H,12,13). The van der Waals surface area contributed by atoms with Gasteiger partial charge >= 0.3 is 0 Å². The van der Waals surface area contributed by atoms with Gasteiger partial charge in [-0.2, -0.15) is 0 Å². The molecule has 2 rings (SSSR count). The number of ether oxygens (including phenoxy) is 1. The molecule has 4 nitrogen and oxygen atoms in total. The van der Waals surface area contributed by atoms with Crippen molar-refractivity contribution in [3.05, 3.63) is 23.8 Å². The molecule has 0 bridgehead atoms. The minimum Gasteiger partial charge on any atom is -0.479 e. The van der Waals surface area contributed by atoms with Gasteiger partial charge in [0.2, 0.25) is 0 Å². The van der Waals surface area contributed by atoms with Gasteiger partial charge in [0.1, 0.15) is 10.7 Å². The van der Waals surface area contributed by atoms with Gasteiger partial charge in [0.15, 0.2) is 6.10 Å². The Bertz CT molecular complexity index is 445. The van der Waals surface area contributed by atoms with Crippen molar-refractivity contribution in [3.8, 4) is 5.75 Å². The Kier molecular flexibility index (Phi) is 2.32. The number of anilines is 1. The number of nitrogens with two attached hydrogens (primary N) is 1. The maximum Gasteiger partial charge on any atom is 0.265 e. The van der Waals surface area contributed by atoms with Crippen molar-refractivity contribution in [2.75, 3.05) is 5.32 Å². The summed E-state index contributed by atoms with van der Waals surface area (Å²) in [6, 6.07) is 5.23. The maximum atomic E-state index is 11.3. The van der Waals surface area contributed by atoms with Crippen molar-refractivity contribution in [1.29, 1.82) is 0 Å². The largest absolute Gasteiger partial charge is 0.479 e. The zero-order valence-electron chi connectivity index (χ0n) is 8.11. The fourth-order valence-corrected chi connectivity index (χ4v) is 1.49. The zero-order chi connectivity index (χ0) is 11.0. The molecular weight excluding hydrogens is 212 g/mol. The van der Waals surface area contributed by atoms with Gasteiger partial charge in [0, 0.05) is 5.56 Å². The number of benzene rings is 1.